The lowest BCUT2D eigenvalue weighted by Crippen LogP contribution is -2.09. The summed E-state index contributed by atoms with van der Waals surface area (Å²) in [6.45, 7) is 2.13. The molecule has 0 bridgehead atoms. The molecule has 0 aromatic heterocycles. The van der Waals surface area contributed by atoms with Gasteiger partial charge in [0.2, 0.25) is 0 Å². The van der Waals surface area contributed by atoms with Crippen LogP contribution in [0, 0.1) is 6.92 Å². The molecule has 0 atom stereocenters. The molecular formula is C45H31N. The predicted molar refractivity (Wildman–Crippen MR) is 196 cm³/mol. The highest BCUT2D eigenvalue weighted by Crippen LogP contribution is 2.51. The molecule has 1 aliphatic carbocycles. The van der Waals surface area contributed by atoms with E-state index in [-0.39, 0.29) is 0 Å². The number of hydrogen-bond donors (Lipinski definition) is 0. The molecule has 0 heterocycles. The highest BCUT2D eigenvalue weighted by Gasteiger charge is 2.25. The molecule has 216 valence electrons. The van der Waals surface area contributed by atoms with Crippen molar-refractivity contribution >= 4 is 38.6 Å². The van der Waals surface area contributed by atoms with Gasteiger partial charge in [-0.3, -0.25) is 0 Å². The zero-order chi connectivity index (χ0) is 30.6. The van der Waals surface area contributed by atoms with Crippen LogP contribution < -0.4 is 4.90 Å². The summed E-state index contributed by atoms with van der Waals surface area (Å²) in [4.78, 5) is 2.34. The van der Waals surface area contributed by atoms with Gasteiger partial charge in [-0.1, -0.05) is 103 Å². The van der Waals surface area contributed by atoms with Gasteiger partial charge in [-0.15, -0.1) is 0 Å². The van der Waals surface area contributed by atoms with Crippen LogP contribution in [0.15, 0.2) is 170 Å². The first-order valence-corrected chi connectivity index (χ1v) is 15.9. The van der Waals surface area contributed by atoms with Gasteiger partial charge in [0.15, 0.2) is 0 Å². The van der Waals surface area contributed by atoms with Crippen molar-refractivity contribution in [1.82, 2.24) is 0 Å². The third-order valence-corrected chi connectivity index (χ3v) is 9.39. The van der Waals surface area contributed by atoms with Crippen molar-refractivity contribution in [2.45, 2.75) is 6.92 Å². The number of aryl methyl sites for hydroxylation is 1. The van der Waals surface area contributed by atoms with E-state index in [2.05, 4.69) is 182 Å². The number of anilines is 3. The van der Waals surface area contributed by atoms with Crippen molar-refractivity contribution in [2.75, 3.05) is 4.90 Å². The van der Waals surface area contributed by atoms with Crippen LogP contribution in [-0.4, -0.2) is 0 Å². The van der Waals surface area contributed by atoms with Gasteiger partial charge in [0.1, 0.15) is 0 Å². The zero-order valence-corrected chi connectivity index (χ0v) is 25.6. The van der Waals surface area contributed by atoms with Gasteiger partial charge in [-0.05, 0) is 146 Å². The molecule has 9 rings (SSSR count). The lowest BCUT2D eigenvalue weighted by molar-refractivity contribution is 1.28. The molecule has 0 radical (unpaired) electrons. The molecule has 1 nitrogen and oxygen atoms in total. The highest BCUT2D eigenvalue weighted by atomic mass is 15.1. The van der Waals surface area contributed by atoms with Crippen molar-refractivity contribution in [1.29, 1.82) is 0 Å². The summed E-state index contributed by atoms with van der Waals surface area (Å²) in [6, 6.07) is 62.1. The van der Waals surface area contributed by atoms with E-state index < -0.39 is 0 Å². The molecule has 0 unspecified atom stereocenters. The smallest absolute Gasteiger partial charge is 0.0468 e. The van der Waals surface area contributed by atoms with Gasteiger partial charge in [0, 0.05) is 17.1 Å². The topological polar surface area (TPSA) is 3.24 Å². The summed E-state index contributed by atoms with van der Waals surface area (Å²) < 4.78 is 0. The maximum Gasteiger partial charge on any atom is 0.0468 e. The van der Waals surface area contributed by atoms with E-state index in [1.807, 2.05) is 0 Å². The molecule has 0 saturated heterocycles. The maximum absolute atomic E-state index is 2.40. The molecule has 0 spiro atoms. The summed E-state index contributed by atoms with van der Waals surface area (Å²) in [6.07, 6.45) is 0. The Morgan fingerprint density at radius 1 is 0.304 bits per heavy atom. The summed E-state index contributed by atoms with van der Waals surface area (Å²) in [5, 5.41) is 5.05. The molecule has 0 N–H and O–H groups in total. The standard InChI is InChI=1S/C45H31N/c1-30-17-20-38(21-18-30)46(37-15-9-4-10-16-37)39-22-19-33-24-42-43(27-34(33)23-39)45-29-36-26-41(32-13-7-3-8-14-32)40(25-35(36)28-44(42)45)31-11-5-2-6-12-31/h2-29H,1H3. The second-order valence-electron chi connectivity index (χ2n) is 12.3. The van der Waals surface area contributed by atoms with Crippen LogP contribution in [0.1, 0.15) is 5.56 Å². The minimum absolute atomic E-state index is 1.15. The van der Waals surface area contributed by atoms with Crippen molar-refractivity contribution in [3.05, 3.63) is 175 Å². The van der Waals surface area contributed by atoms with Crippen molar-refractivity contribution in [3.63, 3.8) is 0 Å². The van der Waals surface area contributed by atoms with Crippen LogP contribution in [0.4, 0.5) is 17.1 Å². The minimum Gasteiger partial charge on any atom is -0.310 e. The van der Waals surface area contributed by atoms with Crippen LogP contribution in [-0.2, 0) is 0 Å². The summed E-state index contributed by atoms with van der Waals surface area (Å²) >= 11 is 0. The normalized spacial score (nSPS) is 11.6. The Kier molecular flexibility index (Phi) is 6.11. The number of para-hydroxylation sites is 1. The second-order valence-corrected chi connectivity index (χ2v) is 12.3. The summed E-state index contributed by atoms with van der Waals surface area (Å²) in [5.41, 5.74) is 15.1. The Bertz CT molecular complexity index is 2390. The fourth-order valence-electron chi connectivity index (χ4n) is 7.03. The first-order valence-electron chi connectivity index (χ1n) is 15.9. The molecule has 1 heteroatoms. The van der Waals surface area contributed by atoms with E-state index in [1.54, 1.807) is 0 Å². The monoisotopic (exact) mass is 585 g/mol. The van der Waals surface area contributed by atoms with E-state index >= 15 is 0 Å². The number of benzene rings is 8. The van der Waals surface area contributed by atoms with Gasteiger partial charge in [-0.2, -0.15) is 0 Å². The van der Waals surface area contributed by atoms with Crippen molar-refractivity contribution < 1.29 is 0 Å². The van der Waals surface area contributed by atoms with E-state index in [0.29, 0.717) is 0 Å². The first kappa shape index (κ1) is 26.5. The van der Waals surface area contributed by atoms with Gasteiger partial charge in [-0.25, -0.2) is 0 Å². The van der Waals surface area contributed by atoms with Gasteiger partial charge < -0.3 is 4.90 Å². The second kappa shape index (κ2) is 10.6. The number of nitrogens with zero attached hydrogens (tertiary/aromatic N) is 1. The number of rotatable bonds is 5. The fraction of sp³-hybridized carbons (Fsp3) is 0.0222. The van der Waals surface area contributed by atoms with E-state index in [9.17, 15) is 0 Å². The van der Waals surface area contributed by atoms with Crippen LogP contribution >= 0.6 is 0 Å². The van der Waals surface area contributed by atoms with Crippen LogP contribution in [0.2, 0.25) is 0 Å². The maximum atomic E-state index is 2.40. The zero-order valence-electron chi connectivity index (χ0n) is 25.6. The van der Waals surface area contributed by atoms with E-state index in [4.69, 9.17) is 0 Å². The first-order chi connectivity index (χ1) is 22.7. The number of hydrogen-bond acceptors (Lipinski definition) is 1. The van der Waals surface area contributed by atoms with E-state index in [1.165, 1.54) is 71.6 Å². The largest absolute Gasteiger partial charge is 0.310 e. The lowest BCUT2D eigenvalue weighted by atomic mass is 9.77. The van der Waals surface area contributed by atoms with Gasteiger partial charge in [0.25, 0.3) is 0 Å². The molecule has 8 aromatic carbocycles. The Balaban J connectivity index is 1.17. The lowest BCUT2D eigenvalue weighted by Gasteiger charge is -2.28. The Labute approximate surface area is 269 Å². The molecule has 8 aromatic rings. The SMILES string of the molecule is Cc1ccc(N(c2ccccc2)c2ccc3cc4c(cc3c2)-c2cc3cc(-c5ccccc5)c(-c5ccccc5)cc3cc2-4)cc1. The molecule has 46 heavy (non-hydrogen) atoms. The van der Waals surface area contributed by atoms with Gasteiger partial charge in [0.05, 0.1) is 0 Å². The summed E-state index contributed by atoms with van der Waals surface area (Å²) in [7, 11) is 0. The Morgan fingerprint density at radius 3 is 1.22 bits per heavy atom. The fourth-order valence-corrected chi connectivity index (χ4v) is 7.03. The quantitative estimate of drug-likeness (QED) is 0.194. The average Bonchev–Trinajstić information content (AvgIpc) is 3.12. The molecule has 0 saturated carbocycles. The number of fused-ring (bicyclic) bond motifs is 6. The van der Waals surface area contributed by atoms with Crippen molar-refractivity contribution in [2.24, 2.45) is 0 Å². The average molecular weight is 586 g/mol. The Hall–Kier alpha value is -5.92. The molecule has 0 fully saturated rings. The molecule has 1 aliphatic rings. The predicted octanol–water partition coefficient (Wildman–Crippen LogP) is 12.8. The van der Waals surface area contributed by atoms with Crippen LogP contribution in [0.3, 0.4) is 0 Å². The van der Waals surface area contributed by atoms with E-state index in [0.717, 1.165) is 17.1 Å². The highest BCUT2D eigenvalue weighted by molar-refractivity contribution is 6.13. The van der Waals surface area contributed by atoms with Crippen molar-refractivity contribution in [3.8, 4) is 44.5 Å². The van der Waals surface area contributed by atoms with Crippen LogP contribution in [0.25, 0.3) is 66.1 Å². The third kappa shape index (κ3) is 4.40. The molecule has 0 amide bonds. The van der Waals surface area contributed by atoms with Gasteiger partial charge >= 0.3 is 0 Å². The molecule has 0 aliphatic heterocycles. The minimum atomic E-state index is 1.15. The molecular weight excluding hydrogens is 555 g/mol. The Morgan fingerprint density at radius 2 is 0.696 bits per heavy atom. The third-order valence-electron chi connectivity index (χ3n) is 9.39. The summed E-state index contributed by atoms with van der Waals surface area (Å²) in [5.74, 6) is 0. The van der Waals surface area contributed by atoms with Crippen LogP contribution in [0.5, 0.6) is 0 Å².